The summed E-state index contributed by atoms with van der Waals surface area (Å²) in [6, 6.07) is 0.0239. The number of rotatable bonds is 6. The Labute approximate surface area is 115 Å². The van der Waals surface area contributed by atoms with E-state index >= 15 is 0 Å². The first-order chi connectivity index (χ1) is 9.03. The van der Waals surface area contributed by atoms with Crippen molar-refractivity contribution in [3.63, 3.8) is 0 Å². The zero-order valence-electron chi connectivity index (χ0n) is 12.3. The van der Waals surface area contributed by atoms with Crippen LogP contribution in [0, 0.1) is 5.92 Å². The topological polar surface area (TPSA) is 75.4 Å². The van der Waals surface area contributed by atoms with Crippen LogP contribution in [0.1, 0.15) is 46.5 Å². The number of amides is 2. The van der Waals surface area contributed by atoms with E-state index in [2.05, 4.69) is 12.2 Å². The second-order valence-electron chi connectivity index (χ2n) is 5.29. The van der Waals surface area contributed by atoms with Crippen molar-refractivity contribution in [1.82, 2.24) is 10.2 Å². The molecule has 1 aliphatic rings. The molecule has 5 heteroatoms. The Morgan fingerprint density at radius 2 is 2.05 bits per heavy atom. The molecule has 0 bridgehead atoms. The van der Waals surface area contributed by atoms with Gasteiger partial charge in [-0.1, -0.05) is 27.2 Å². The first-order valence-electron chi connectivity index (χ1n) is 7.36. The third-order valence-corrected chi connectivity index (χ3v) is 4.08. The molecule has 5 nitrogen and oxygen atoms in total. The van der Waals surface area contributed by atoms with E-state index in [1.807, 2.05) is 18.7 Å². The summed E-state index contributed by atoms with van der Waals surface area (Å²) < 4.78 is 0. The Hall–Kier alpha value is -1.10. The molecule has 1 rings (SSSR count). The molecule has 0 aromatic rings. The van der Waals surface area contributed by atoms with Gasteiger partial charge in [-0.25, -0.2) is 0 Å². The predicted molar refractivity (Wildman–Crippen MR) is 75.5 cm³/mol. The van der Waals surface area contributed by atoms with E-state index in [0.29, 0.717) is 18.8 Å². The fraction of sp³-hybridized carbons (Fsp3) is 0.857. The number of primary amides is 1. The predicted octanol–water partition coefficient (Wildman–Crippen LogP) is 0.877. The molecular weight excluding hydrogens is 242 g/mol. The molecule has 0 radical (unpaired) electrons. The summed E-state index contributed by atoms with van der Waals surface area (Å²) in [7, 11) is 0. The van der Waals surface area contributed by atoms with E-state index in [4.69, 9.17) is 5.73 Å². The molecule has 3 N–H and O–H groups in total. The van der Waals surface area contributed by atoms with Crippen molar-refractivity contribution in [2.24, 2.45) is 11.7 Å². The van der Waals surface area contributed by atoms with E-state index in [-0.39, 0.29) is 23.9 Å². The zero-order valence-corrected chi connectivity index (χ0v) is 12.3. The lowest BCUT2D eigenvalue weighted by Gasteiger charge is -2.40. The SMILES string of the molecule is CCC(=O)N1CC[C@H](N[C@@H](CC)C(N)=O)[C@@H](CC)C1. The summed E-state index contributed by atoms with van der Waals surface area (Å²) in [6.45, 7) is 7.55. The van der Waals surface area contributed by atoms with Gasteiger partial charge < -0.3 is 16.0 Å². The number of piperidine rings is 1. The Bertz CT molecular complexity index is 320. The maximum absolute atomic E-state index is 11.8. The Balaban J connectivity index is 2.61. The summed E-state index contributed by atoms with van der Waals surface area (Å²) in [5.74, 6) is 0.334. The fourth-order valence-corrected chi connectivity index (χ4v) is 2.77. The Kier molecular flexibility index (Phi) is 6.28. The van der Waals surface area contributed by atoms with E-state index in [1.165, 1.54) is 0 Å². The average Bonchev–Trinajstić information content (AvgIpc) is 2.43. The molecule has 0 aromatic heterocycles. The smallest absolute Gasteiger partial charge is 0.234 e. The number of nitrogens with zero attached hydrogens (tertiary/aromatic N) is 1. The minimum absolute atomic E-state index is 0.221. The van der Waals surface area contributed by atoms with Gasteiger partial charge in [-0.05, 0) is 18.8 Å². The van der Waals surface area contributed by atoms with E-state index in [1.54, 1.807) is 0 Å². The van der Waals surface area contributed by atoms with Crippen molar-refractivity contribution in [3.8, 4) is 0 Å². The lowest BCUT2D eigenvalue weighted by Crippen LogP contribution is -2.55. The fourth-order valence-electron chi connectivity index (χ4n) is 2.77. The normalized spacial score (nSPS) is 25.1. The molecule has 0 spiro atoms. The molecule has 1 aliphatic heterocycles. The lowest BCUT2D eigenvalue weighted by molar-refractivity contribution is -0.133. The van der Waals surface area contributed by atoms with Crippen molar-refractivity contribution in [3.05, 3.63) is 0 Å². The summed E-state index contributed by atoms with van der Waals surface area (Å²) >= 11 is 0. The first kappa shape index (κ1) is 16.0. The summed E-state index contributed by atoms with van der Waals surface area (Å²) in [4.78, 5) is 25.0. The second kappa shape index (κ2) is 7.48. The van der Waals surface area contributed by atoms with Gasteiger partial charge in [-0.15, -0.1) is 0 Å². The van der Waals surface area contributed by atoms with E-state index in [0.717, 1.165) is 25.9 Å². The van der Waals surface area contributed by atoms with Gasteiger partial charge in [0, 0.05) is 25.6 Å². The van der Waals surface area contributed by atoms with Crippen LogP contribution in [0.5, 0.6) is 0 Å². The van der Waals surface area contributed by atoms with Crippen molar-refractivity contribution in [2.75, 3.05) is 13.1 Å². The third kappa shape index (κ3) is 4.20. The largest absolute Gasteiger partial charge is 0.368 e. The lowest BCUT2D eigenvalue weighted by atomic mass is 9.89. The maximum Gasteiger partial charge on any atom is 0.234 e. The number of carbonyl (C=O) groups excluding carboxylic acids is 2. The quantitative estimate of drug-likeness (QED) is 0.751. The van der Waals surface area contributed by atoms with Crippen molar-refractivity contribution < 1.29 is 9.59 Å². The van der Waals surface area contributed by atoms with E-state index < -0.39 is 0 Å². The molecule has 1 saturated heterocycles. The highest BCUT2D eigenvalue weighted by Gasteiger charge is 2.31. The van der Waals surface area contributed by atoms with Crippen LogP contribution < -0.4 is 11.1 Å². The van der Waals surface area contributed by atoms with E-state index in [9.17, 15) is 9.59 Å². The van der Waals surface area contributed by atoms with Gasteiger partial charge in [-0.3, -0.25) is 9.59 Å². The molecule has 3 atom stereocenters. The van der Waals surface area contributed by atoms with Crippen LogP contribution in [0.3, 0.4) is 0 Å². The number of nitrogens with two attached hydrogens (primary N) is 1. The maximum atomic E-state index is 11.8. The van der Waals surface area contributed by atoms with Crippen LogP contribution in [-0.4, -0.2) is 41.9 Å². The minimum Gasteiger partial charge on any atom is -0.368 e. The van der Waals surface area contributed by atoms with Gasteiger partial charge in [0.05, 0.1) is 6.04 Å². The van der Waals surface area contributed by atoms with Crippen LogP contribution in [-0.2, 0) is 9.59 Å². The highest BCUT2D eigenvalue weighted by atomic mass is 16.2. The Morgan fingerprint density at radius 3 is 2.53 bits per heavy atom. The van der Waals surface area contributed by atoms with Crippen LogP contribution in [0.4, 0.5) is 0 Å². The molecule has 0 unspecified atom stereocenters. The summed E-state index contributed by atoms with van der Waals surface area (Å²) in [6.07, 6.45) is 3.17. The van der Waals surface area contributed by atoms with Crippen molar-refractivity contribution in [2.45, 2.75) is 58.5 Å². The number of nitrogens with one attached hydrogen (secondary N) is 1. The minimum atomic E-state index is -0.288. The molecule has 0 saturated carbocycles. The van der Waals surface area contributed by atoms with Crippen LogP contribution in [0.15, 0.2) is 0 Å². The van der Waals surface area contributed by atoms with Crippen molar-refractivity contribution in [1.29, 1.82) is 0 Å². The Morgan fingerprint density at radius 1 is 1.37 bits per heavy atom. The number of carbonyl (C=O) groups is 2. The monoisotopic (exact) mass is 269 g/mol. The van der Waals surface area contributed by atoms with Crippen LogP contribution in [0.25, 0.3) is 0 Å². The van der Waals surface area contributed by atoms with Crippen LogP contribution in [0.2, 0.25) is 0 Å². The summed E-state index contributed by atoms with van der Waals surface area (Å²) in [5, 5.41) is 3.37. The van der Waals surface area contributed by atoms with Gasteiger partial charge in [0.25, 0.3) is 0 Å². The standard InChI is InChI=1S/C14H27N3O2/c1-4-10-9-17(13(18)6-3)8-7-12(10)16-11(5-2)14(15)19/h10-12,16H,4-9H2,1-3H3,(H2,15,19)/t10-,11-,12-/m0/s1. The molecule has 19 heavy (non-hydrogen) atoms. The zero-order chi connectivity index (χ0) is 14.4. The molecule has 1 heterocycles. The average molecular weight is 269 g/mol. The highest BCUT2D eigenvalue weighted by molar-refractivity contribution is 5.79. The second-order valence-corrected chi connectivity index (χ2v) is 5.29. The van der Waals surface area contributed by atoms with Gasteiger partial charge >= 0.3 is 0 Å². The molecule has 0 aliphatic carbocycles. The van der Waals surface area contributed by atoms with Crippen LogP contribution >= 0.6 is 0 Å². The number of hydrogen-bond donors (Lipinski definition) is 2. The highest BCUT2D eigenvalue weighted by Crippen LogP contribution is 2.21. The van der Waals surface area contributed by atoms with Crippen molar-refractivity contribution >= 4 is 11.8 Å². The molecule has 0 aromatic carbocycles. The first-order valence-corrected chi connectivity index (χ1v) is 7.36. The molecule has 110 valence electrons. The van der Waals surface area contributed by atoms with Gasteiger partial charge in [0.15, 0.2) is 0 Å². The summed E-state index contributed by atoms with van der Waals surface area (Å²) in [5.41, 5.74) is 5.38. The van der Waals surface area contributed by atoms with Gasteiger partial charge in [-0.2, -0.15) is 0 Å². The third-order valence-electron chi connectivity index (χ3n) is 4.08. The van der Waals surface area contributed by atoms with Gasteiger partial charge in [0.1, 0.15) is 0 Å². The molecule has 2 amide bonds. The molecular formula is C14H27N3O2. The molecule has 1 fully saturated rings. The van der Waals surface area contributed by atoms with Gasteiger partial charge in [0.2, 0.25) is 11.8 Å². The number of hydrogen-bond acceptors (Lipinski definition) is 3. The number of likely N-dealkylation sites (tertiary alicyclic amines) is 1.